The molecule has 8 heteroatoms. The number of hydrogen-bond acceptors (Lipinski definition) is 8. The first-order valence-electron chi connectivity index (χ1n) is 10.7. The average molecular weight is 395 g/mol. The second-order valence-electron chi connectivity index (χ2n) is 6.85. The van der Waals surface area contributed by atoms with Crippen molar-refractivity contribution in [3.8, 4) is 12.2 Å². The van der Waals surface area contributed by atoms with E-state index in [1.54, 1.807) is 0 Å². The SMILES string of the molecule is CCOc1nc(CCCCCCCCCCCCc2noc(OCC)n2)no1. The van der Waals surface area contributed by atoms with Crippen molar-refractivity contribution in [3.05, 3.63) is 11.6 Å². The minimum Gasteiger partial charge on any atom is -0.449 e. The van der Waals surface area contributed by atoms with E-state index >= 15 is 0 Å². The maximum Gasteiger partial charge on any atom is 0.417 e. The van der Waals surface area contributed by atoms with E-state index in [4.69, 9.17) is 18.5 Å². The average Bonchev–Trinajstić information content (AvgIpc) is 3.33. The summed E-state index contributed by atoms with van der Waals surface area (Å²) in [5, 5.41) is 7.83. The molecule has 0 bridgehead atoms. The lowest BCUT2D eigenvalue weighted by Crippen LogP contribution is -1.93. The highest BCUT2D eigenvalue weighted by molar-refractivity contribution is 4.90. The third kappa shape index (κ3) is 9.19. The van der Waals surface area contributed by atoms with Crippen molar-refractivity contribution in [2.75, 3.05) is 13.2 Å². The van der Waals surface area contributed by atoms with Crippen LogP contribution in [0.1, 0.15) is 89.7 Å². The molecule has 0 aromatic carbocycles. The fraction of sp³-hybridized carbons (Fsp3) is 0.800. The summed E-state index contributed by atoms with van der Waals surface area (Å²) in [6.45, 7) is 4.91. The Morgan fingerprint density at radius 2 is 0.929 bits per heavy atom. The Bertz CT molecular complexity index is 575. The van der Waals surface area contributed by atoms with Crippen molar-refractivity contribution >= 4 is 0 Å². The minimum absolute atomic E-state index is 0.282. The molecule has 8 nitrogen and oxygen atoms in total. The summed E-state index contributed by atoms with van der Waals surface area (Å²) in [5.41, 5.74) is 0. The number of aryl methyl sites for hydroxylation is 2. The number of rotatable bonds is 17. The summed E-state index contributed by atoms with van der Waals surface area (Å²) in [4.78, 5) is 8.38. The fourth-order valence-corrected chi connectivity index (χ4v) is 3.02. The van der Waals surface area contributed by atoms with Gasteiger partial charge in [-0.15, -0.1) is 0 Å². The molecule has 2 aromatic rings. The highest BCUT2D eigenvalue weighted by Gasteiger charge is 2.07. The molecule has 0 atom stereocenters. The van der Waals surface area contributed by atoms with Crippen LogP contribution in [0.25, 0.3) is 0 Å². The van der Waals surface area contributed by atoms with Crippen LogP contribution in [-0.2, 0) is 12.8 Å². The summed E-state index contributed by atoms with van der Waals surface area (Å²) < 4.78 is 20.3. The second kappa shape index (κ2) is 14.0. The van der Waals surface area contributed by atoms with E-state index in [-0.39, 0.29) is 12.2 Å². The van der Waals surface area contributed by atoms with Gasteiger partial charge in [-0.1, -0.05) is 61.7 Å². The lowest BCUT2D eigenvalue weighted by molar-refractivity contribution is 0.214. The van der Waals surface area contributed by atoms with Crippen molar-refractivity contribution in [2.45, 2.75) is 90.9 Å². The van der Waals surface area contributed by atoms with Crippen molar-refractivity contribution < 1.29 is 18.5 Å². The molecule has 28 heavy (non-hydrogen) atoms. The molecule has 2 aromatic heterocycles. The third-order valence-electron chi connectivity index (χ3n) is 4.49. The van der Waals surface area contributed by atoms with Crippen LogP contribution < -0.4 is 9.47 Å². The summed E-state index contributed by atoms with van der Waals surface area (Å²) in [6.07, 6.45) is 14.7. The van der Waals surface area contributed by atoms with Gasteiger partial charge in [-0.25, -0.2) is 0 Å². The van der Waals surface area contributed by atoms with E-state index in [9.17, 15) is 0 Å². The zero-order valence-corrected chi connectivity index (χ0v) is 17.3. The quantitative estimate of drug-likeness (QED) is 0.348. The number of ether oxygens (including phenoxy) is 2. The Labute approximate surface area is 167 Å². The van der Waals surface area contributed by atoms with E-state index in [0.717, 1.165) is 37.3 Å². The maximum atomic E-state index is 5.17. The van der Waals surface area contributed by atoms with Crippen LogP contribution in [0, 0.1) is 0 Å². The number of aromatic nitrogens is 4. The maximum absolute atomic E-state index is 5.17. The van der Waals surface area contributed by atoms with Crippen LogP contribution >= 0.6 is 0 Å². The lowest BCUT2D eigenvalue weighted by atomic mass is 10.1. The van der Waals surface area contributed by atoms with Crippen molar-refractivity contribution in [1.82, 2.24) is 20.3 Å². The molecule has 0 aliphatic heterocycles. The van der Waals surface area contributed by atoms with Gasteiger partial charge < -0.3 is 9.47 Å². The Hall–Kier alpha value is -2.12. The van der Waals surface area contributed by atoms with Crippen LogP contribution in [0.5, 0.6) is 12.2 Å². The van der Waals surface area contributed by atoms with Gasteiger partial charge in [-0.05, 0) is 26.7 Å². The van der Waals surface area contributed by atoms with Gasteiger partial charge in [0.25, 0.3) is 0 Å². The summed E-state index contributed by atoms with van der Waals surface area (Å²) in [5.74, 6) is 1.50. The Balaban J connectivity index is 1.34. The standard InChI is InChI=1S/C20H34N4O4/c1-3-25-19-21-17(23-27-19)15-13-11-9-7-5-6-8-10-12-14-16-18-22-20(26-4-2)28-24-18/h3-16H2,1-2H3. The number of nitrogens with zero attached hydrogens (tertiary/aromatic N) is 4. The van der Waals surface area contributed by atoms with Gasteiger partial charge >= 0.3 is 12.2 Å². The van der Waals surface area contributed by atoms with Gasteiger partial charge in [0.05, 0.1) is 13.2 Å². The molecule has 0 amide bonds. The van der Waals surface area contributed by atoms with Gasteiger partial charge in [-0.3, -0.25) is 9.05 Å². The van der Waals surface area contributed by atoms with Gasteiger partial charge in [0.1, 0.15) is 0 Å². The molecule has 0 radical (unpaired) electrons. The van der Waals surface area contributed by atoms with E-state index in [1.165, 1.54) is 51.4 Å². The molecule has 2 rings (SSSR count). The molecule has 0 spiro atoms. The smallest absolute Gasteiger partial charge is 0.417 e. The Morgan fingerprint density at radius 3 is 1.29 bits per heavy atom. The molecule has 0 saturated carbocycles. The van der Waals surface area contributed by atoms with Gasteiger partial charge in [0.2, 0.25) is 0 Å². The van der Waals surface area contributed by atoms with Gasteiger partial charge in [-0.2, -0.15) is 9.97 Å². The van der Waals surface area contributed by atoms with Crippen LogP contribution in [0.15, 0.2) is 9.05 Å². The lowest BCUT2D eigenvalue weighted by Gasteiger charge is -2.02. The first kappa shape index (κ1) is 22.2. The predicted molar refractivity (Wildman–Crippen MR) is 105 cm³/mol. The number of unbranched alkanes of at least 4 members (excludes halogenated alkanes) is 9. The second-order valence-corrected chi connectivity index (χ2v) is 6.85. The molecule has 0 N–H and O–H groups in total. The summed E-state index contributed by atoms with van der Waals surface area (Å²) in [6, 6.07) is 0. The van der Waals surface area contributed by atoms with Gasteiger partial charge in [0.15, 0.2) is 11.6 Å². The van der Waals surface area contributed by atoms with E-state index < -0.39 is 0 Å². The zero-order chi connectivity index (χ0) is 19.9. The molecular formula is C20H34N4O4. The van der Waals surface area contributed by atoms with Crippen LogP contribution in [0.2, 0.25) is 0 Å². The van der Waals surface area contributed by atoms with E-state index in [2.05, 4.69) is 20.3 Å². The van der Waals surface area contributed by atoms with Crippen LogP contribution in [0.3, 0.4) is 0 Å². The predicted octanol–water partition coefficient (Wildman–Crippen LogP) is 4.94. The number of hydrogen-bond donors (Lipinski definition) is 0. The van der Waals surface area contributed by atoms with Crippen LogP contribution in [0.4, 0.5) is 0 Å². The molecule has 0 saturated heterocycles. The molecule has 2 heterocycles. The zero-order valence-electron chi connectivity index (χ0n) is 17.3. The first-order valence-corrected chi connectivity index (χ1v) is 10.7. The molecule has 0 aliphatic rings. The molecular weight excluding hydrogens is 360 g/mol. The van der Waals surface area contributed by atoms with Crippen molar-refractivity contribution in [2.24, 2.45) is 0 Å². The Morgan fingerprint density at radius 1 is 0.571 bits per heavy atom. The summed E-state index contributed by atoms with van der Waals surface area (Å²) >= 11 is 0. The van der Waals surface area contributed by atoms with E-state index in [0.29, 0.717) is 13.2 Å². The molecule has 158 valence electrons. The molecule has 0 fully saturated rings. The van der Waals surface area contributed by atoms with Gasteiger partial charge in [0, 0.05) is 12.8 Å². The van der Waals surface area contributed by atoms with E-state index in [1.807, 2.05) is 13.8 Å². The third-order valence-corrected chi connectivity index (χ3v) is 4.49. The van der Waals surface area contributed by atoms with Crippen molar-refractivity contribution in [3.63, 3.8) is 0 Å². The highest BCUT2D eigenvalue weighted by Crippen LogP contribution is 2.14. The monoisotopic (exact) mass is 394 g/mol. The Kier molecular flexibility index (Phi) is 11.1. The first-order chi connectivity index (χ1) is 13.8. The van der Waals surface area contributed by atoms with Crippen LogP contribution in [-0.4, -0.2) is 33.5 Å². The highest BCUT2D eigenvalue weighted by atomic mass is 16.6. The summed E-state index contributed by atoms with van der Waals surface area (Å²) in [7, 11) is 0. The normalized spacial score (nSPS) is 11.1. The fourth-order valence-electron chi connectivity index (χ4n) is 3.02. The minimum atomic E-state index is 0.282. The molecule has 0 aliphatic carbocycles. The van der Waals surface area contributed by atoms with Crippen molar-refractivity contribution in [1.29, 1.82) is 0 Å². The molecule has 0 unspecified atom stereocenters. The topological polar surface area (TPSA) is 96.3 Å². The largest absolute Gasteiger partial charge is 0.449 e.